The Labute approximate surface area is 72.7 Å². The molecule has 3 nitrogen and oxygen atoms in total. The van der Waals surface area contributed by atoms with Gasteiger partial charge in [0.05, 0.1) is 13.5 Å². The van der Waals surface area contributed by atoms with Gasteiger partial charge >= 0.3 is 5.97 Å². The molecule has 4 heteroatoms. The molecule has 0 aromatic carbocycles. The van der Waals surface area contributed by atoms with Crippen LogP contribution < -0.4 is 5.73 Å². The van der Waals surface area contributed by atoms with Gasteiger partial charge in [-0.2, -0.15) is 0 Å². The van der Waals surface area contributed by atoms with Gasteiger partial charge < -0.3 is 10.5 Å². The van der Waals surface area contributed by atoms with Crippen LogP contribution in [-0.2, 0) is 9.53 Å². The van der Waals surface area contributed by atoms with E-state index in [0.717, 1.165) is 12.8 Å². The van der Waals surface area contributed by atoms with Crippen molar-refractivity contribution in [1.29, 1.82) is 0 Å². The first-order chi connectivity index (χ1) is 4.72. The van der Waals surface area contributed by atoms with Crippen molar-refractivity contribution in [3.05, 3.63) is 0 Å². The smallest absolute Gasteiger partial charge is 0.306 e. The summed E-state index contributed by atoms with van der Waals surface area (Å²) >= 11 is 0. The highest BCUT2D eigenvalue weighted by Gasteiger charge is 2.43. The number of methoxy groups -OCH3 is 1. The van der Waals surface area contributed by atoms with Gasteiger partial charge in [0.2, 0.25) is 0 Å². The Hall–Kier alpha value is -0.280. The SMILES string of the molecule is COC(=O)CC1(CN)CC1.Cl. The summed E-state index contributed by atoms with van der Waals surface area (Å²) in [4.78, 5) is 10.7. The zero-order valence-corrected chi connectivity index (χ0v) is 7.45. The van der Waals surface area contributed by atoms with Crippen molar-refractivity contribution < 1.29 is 9.53 Å². The molecule has 1 aliphatic rings. The Kier molecular flexibility index (Phi) is 3.83. The van der Waals surface area contributed by atoms with Crippen LogP contribution in [0.3, 0.4) is 0 Å². The largest absolute Gasteiger partial charge is 0.469 e. The molecular weight excluding hydrogens is 166 g/mol. The molecule has 66 valence electrons. The van der Waals surface area contributed by atoms with Gasteiger partial charge in [0.15, 0.2) is 0 Å². The molecular formula is C7H14ClNO2. The van der Waals surface area contributed by atoms with E-state index in [0.29, 0.717) is 13.0 Å². The zero-order valence-electron chi connectivity index (χ0n) is 6.63. The van der Waals surface area contributed by atoms with E-state index in [1.807, 2.05) is 0 Å². The standard InChI is InChI=1S/C7H13NO2.ClH/c1-10-6(9)4-7(5-8)2-3-7;/h2-5,8H2,1H3;1H. The lowest BCUT2D eigenvalue weighted by molar-refractivity contribution is -0.141. The first-order valence-electron chi connectivity index (χ1n) is 3.49. The summed E-state index contributed by atoms with van der Waals surface area (Å²) < 4.78 is 4.53. The number of halogens is 1. The average molecular weight is 180 g/mol. The third-order valence-corrected chi connectivity index (χ3v) is 2.14. The molecule has 0 aromatic heterocycles. The van der Waals surface area contributed by atoms with Crippen molar-refractivity contribution in [2.75, 3.05) is 13.7 Å². The Morgan fingerprint density at radius 2 is 2.18 bits per heavy atom. The predicted molar refractivity (Wildman–Crippen MR) is 44.6 cm³/mol. The van der Waals surface area contributed by atoms with Crippen molar-refractivity contribution >= 4 is 18.4 Å². The molecule has 0 bridgehead atoms. The molecule has 0 unspecified atom stereocenters. The summed E-state index contributed by atoms with van der Waals surface area (Å²) in [6.07, 6.45) is 2.66. The van der Waals surface area contributed by atoms with E-state index >= 15 is 0 Å². The molecule has 0 amide bonds. The van der Waals surface area contributed by atoms with Gasteiger partial charge in [0.1, 0.15) is 0 Å². The quantitative estimate of drug-likeness (QED) is 0.650. The van der Waals surface area contributed by atoms with Crippen LogP contribution in [0.25, 0.3) is 0 Å². The van der Waals surface area contributed by atoms with Gasteiger partial charge in [0, 0.05) is 0 Å². The van der Waals surface area contributed by atoms with Crippen LogP contribution in [0.5, 0.6) is 0 Å². The maximum atomic E-state index is 10.7. The van der Waals surface area contributed by atoms with E-state index < -0.39 is 0 Å². The Bertz CT molecular complexity index is 145. The van der Waals surface area contributed by atoms with E-state index in [4.69, 9.17) is 5.73 Å². The topological polar surface area (TPSA) is 52.3 Å². The van der Waals surface area contributed by atoms with Crippen LogP contribution >= 0.6 is 12.4 Å². The fourth-order valence-corrected chi connectivity index (χ4v) is 1.01. The monoisotopic (exact) mass is 179 g/mol. The molecule has 0 heterocycles. The Morgan fingerprint density at radius 3 is 2.45 bits per heavy atom. The number of ether oxygens (including phenoxy) is 1. The summed E-state index contributed by atoms with van der Waals surface area (Å²) in [5.74, 6) is -0.136. The first-order valence-corrected chi connectivity index (χ1v) is 3.49. The minimum Gasteiger partial charge on any atom is -0.469 e. The van der Waals surface area contributed by atoms with Crippen LogP contribution in [0.2, 0.25) is 0 Å². The fraction of sp³-hybridized carbons (Fsp3) is 0.857. The summed E-state index contributed by atoms with van der Waals surface area (Å²) in [6.45, 7) is 0.613. The number of rotatable bonds is 3. The van der Waals surface area contributed by atoms with E-state index in [1.165, 1.54) is 7.11 Å². The van der Waals surface area contributed by atoms with E-state index in [9.17, 15) is 4.79 Å². The average Bonchev–Trinajstić information content (AvgIpc) is 2.70. The van der Waals surface area contributed by atoms with Crippen molar-refractivity contribution in [3.63, 3.8) is 0 Å². The summed E-state index contributed by atoms with van der Waals surface area (Å²) in [5.41, 5.74) is 5.58. The number of hydrogen-bond donors (Lipinski definition) is 1. The minimum absolute atomic E-state index is 0. The highest BCUT2D eigenvalue weighted by molar-refractivity contribution is 5.85. The second-order valence-electron chi connectivity index (χ2n) is 2.96. The molecule has 0 atom stereocenters. The van der Waals surface area contributed by atoms with Crippen LogP contribution in [0.15, 0.2) is 0 Å². The van der Waals surface area contributed by atoms with Gasteiger partial charge in [0.25, 0.3) is 0 Å². The van der Waals surface area contributed by atoms with E-state index in [-0.39, 0.29) is 23.8 Å². The Morgan fingerprint density at radius 1 is 1.64 bits per heavy atom. The number of carbonyl (C=O) groups is 1. The van der Waals surface area contributed by atoms with Gasteiger partial charge in [-0.15, -0.1) is 12.4 Å². The number of esters is 1. The molecule has 11 heavy (non-hydrogen) atoms. The van der Waals surface area contributed by atoms with Crippen LogP contribution in [-0.4, -0.2) is 19.6 Å². The summed E-state index contributed by atoms with van der Waals surface area (Å²) in [5, 5.41) is 0. The highest BCUT2D eigenvalue weighted by Crippen LogP contribution is 2.47. The predicted octanol–water partition coefficient (Wildman–Crippen LogP) is 0.710. The molecule has 0 aliphatic heterocycles. The highest BCUT2D eigenvalue weighted by atomic mass is 35.5. The van der Waals surface area contributed by atoms with Crippen LogP contribution in [0.1, 0.15) is 19.3 Å². The first kappa shape index (κ1) is 10.7. The molecule has 1 saturated carbocycles. The molecule has 0 saturated heterocycles. The Balaban J connectivity index is 0.000001000. The van der Waals surface area contributed by atoms with Crippen LogP contribution in [0.4, 0.5) is 0 Å². The van der Waals surface area contributed by atoms with Gasteiger partial charge in [-0.05, 0) is 24.8 Å². The molecule has 1 aliphatic carbocycles. The number of nitrogens with two attached hydrogens (primary N) is 1. The molecule has 1 rings (SSSR count). The lowest BCUT2D eigenvalue weighted by atomic mass is 10.0. The van der Waals surface area contributed by atoms with Gasteiger partial charge in [-0.25, -0.2) is 0 Å². The van der Waals surface area contributed by atoms with Gasteiger partial charge in [-0.1, -0.05) is 0 Å². The maximum Gasteiger partial charge on any atom is 0.306 e. The third-order valence-electron chi connectivity index (χ3n) is 2.14. The lowest BCUT2D eigenvalue weighted by Crippen LogP contribution is -2.19. The molecule has 0 radical (unpaired) electrons. The third kappa shape index (κ3) is 2.67. The second-order valence-corrected chi connectivity index (χ2v) is 2.96. The normalized spacial score (nSPS) is 18.4. The number of hydrogen-bond acceptors (Lipinski definition) is 3. The molecule has 1 fully saturated rings. The van der Waals surface area contributed by atoms with E-state index in [2.05, 4.69) is 4.74 Å². The van der Waals surface area contributed by atoms with Gasteiger partial charge in [-0.3, -0.25) is 4.79 Å². The van der Waals surface area contributed by atoms with E-state index in [1.54, 1.807) is 0 Å². The van der Waals surface area contributed by atoms with Crippen molar-refractivity contribution in [1.82, 2.24) is 0 Å². The minimum atomic E-state index is -0.136. The summed E-state index contributed by atoms with van der Waals surface area (Å²) in [7, 11) is 1.41. The molecule has 2 N–H and O–H groups in total. The zero-order chi connectivity index (χ0) is 7.61. The maximum absolute atomic E-state index is 10.7. The second kappa shape index (κ2) is 3.93. The number of carbonyl (C=O) groups excluding carboxylic acids is 1. The molecule has 0 aromatic rings. The van der Waals surface area contributed by atoms with Crippen molar-refractivity contribution in [3.8, 4) is 0 Å². The lowest BCUT2D eigenvalue weighted by Gasteiger charge is -2.08. The fourth-order valence-electron chi connectivity index (χ4n) is 1.01. The van der Waals surface area contributed by atoms with Crippen LogP contribution in [0, 0.1) is 5.41 Å². The molecule has 0 spiro atoms. The van der Waals surface area contributed by atoms with Crippen molar-refractivity contribution in [2.24, 2.45) is 11.1 Å². The summed E-state index contributed by atoms with van der Waals surface area (Å²) in [6, 6.07) is 0. The van der Waals surface area contributed by atoms with Crippen molar-refractivity contribution in [2.45, 2.75) is 19.3 Å².